The highest BCUT2D eigenvalue weighted by Crippen LogP contribution is 2.54. The summed E-state index contributed by atoms with van der Waals surface area (Å²) in [5, 5.41) is 12.2. The van der Waals surface area contributed by atoms with Crippen molar-refractivity contribution in [2.45, 2.75) is 58.8 Å². The zero-order valence-electron chi connectivity index (χ0n) is 57.6. The molecule has 103 heavy (non-hydrogen) atoms. The molecule has 0 radical (unpaired) electrons. The quantitative estimate of drug-likeness (QED) is 0.148. The summed E-state index contributed by atoms with van der Waals surface area (Å²) >= 11 is 0. The van der Waals surface area contributed by atoms with E-state index in [1.165, 1.54) is 37.6 Å². The Morgan fingerprint density at radius 3 is 1.24 bits per heavy atom. The van der Waals surface area contributed by atoms with Crippen LogP contribution in [0, 0.1) is 0 Å². The molecule has 21 rings (SSSR count). The molecule has 2 aliphatic heterocycles. The van der Waals surface area contributed by atoms with Gasteiger partial charge in [-0.3, -0.25) is 18.8 Å². The number of nitrogens with zero attached hydrogens (tertiary/aromatic N) is 7. The zero-order valence-corrected chi connectivity index (χ0v) is 57.6. The molecule has 0 N–H and O–H groups in total. The summed E-state index contributed by atoms with van der Waals surface area (Å²) < 4.78 is 8.74. The Morgan fingerprint density at radius 1 is 0.330 bits per heavy atom. The summed E-state index contributed by atoms with van der Waals surface area (Å²) in [4.78, 5) is 54.0. The third kappa shape index (κ3) is 8.55. The first-order valence-corrected chi connectivity index (χ1v) is 35.5. The van der Waals surface area contributed by atoms with Gasteiger partial charge >= 0.3 is 0 Å². The Bertz CT molecular complexity index is 6720. The second-order valence-electron chi connectivity index (χ2n) is 28.8. The molecular weight excluding hydrogens is 1260 g/mol. The number of pyridine rings is 1. The predicted molar refractivity (Wildman–Crippen MR) is 425 cm³/mol. The van der Waals surface area contributed by atoms with Crippen LogP contribution in [0.15, 0.2) is 290 Å². The Balaban J connectivity index is 0.000000139. The van der Waals surface area contributed by atoms with Gasteiger partial charge in [0.25, 0.3) is 17.4 Å². The number of carbonyl (C=O) groups is 2. The van der Waals surface area contributed by atoms with Gasteiger partial charge < -0.3 is 18.6 Å². The molecule has 0 saturated carbocycles. The first kappa shape index (κ1) is 60.1. The van der Waals surface area contributed by atoms with Gasteiger partial charge in [0.05, 0.1) is 77.8 Å². The lowest BCUT2D eigenvalue weighted by Gasteiger charge is -2.42. The SMILES string of the molecule is CC(C)c1cccc(C(C)C)c1N1C(=O)c2ccc(-n3c4ccccc4c4ccccc43)c3cc(N4c5ccccc5C(C)(C)c5ccccc54)cc(c23)C1=O.O=c1c2cc(-n3c4ccccc4c4ccccc43)cc3cc(-n4c5ccccc5c5ccccc54)cc(c32)c2nc3ccccc3n12. The van der Waals surface area contributed by atoms with Crippen molar-refractivity contribution in [3.05, 3.63) is 329 Å². The normalized spacial score (nSPS) is 13.6. The van der Waals surface area contributed by atoms with Crippen molar-refractivity contribution in [2.24, 2.45) is 0 Å². The summed E-state index contributed by atoms with van der Waals surface area (Å²) in [5.41, 5.74) is 20.7. The van der Waals surface area contributed by atoms with Gasteiger partial charge in [0.15, 0.2) is 0 Å². The maximum atomic E-state index is 15.5. The minimum Gasteiger partial charge on any atom is -0.310 e. The smallest absolute Gasteiger partial charge is 0.266 e. The molecule has 5 aromatic heterocycles. The van der Waals surface area contributed by atoms with Gasteiger partial charge in [-0.2, -0.15) is 0 Å². The van der Waals surface area contributed by atoms with Crippen molar-refractivity contribution in [1.82, 2.24) is 23.1 Å². The second kappa shape index (κ2) is 22.3. The van der Waals surface area contributed by atoms with Crippen LogP contribution in [0.2, 0.25) is 0 Å². The minimum atomic E-state index is -0.303. The van der Waals surface area contributed by atoms with Crippen molar-refractivity contribution in [1.29, 1.82) is 0 Å². The lowest BCUT2D eigenvalue weighted by atomic mass is 9.73. The Morgan fingerprint density at radius 2 is 0.748 bits per heavy atom. The fourth-order valence-electron chi connectivity index (χ4n) is 17.6. The molecular formula is C93H67N7O3. The molecule has 10 nitrogen and oxygen atoms in total. The molecule has 10 heteroatoms. The van der Waals surface area contributed by atoms with Crippen LogP contribution >= 0.6 is 0 Å². The number of hydrogen-bond donors (Lipinski definition) is 0. The number of hydrogen-bond acceptors (Lipinski definition) is 5. The van der Waals surface area contributed by atoms with Crippen LogP contribution in [-0.2, 0) is 5.41 Å². The van der Waals surface area contributed by atoms with Crippen LogP contribution < -0.4 is 15.4 Å². The largest absolute Gasteiger partial charge is 0.310 e. The molecule has 0 atom stereocenters. The number of carbonyl (C=O) groups excluding carboxylic acids is 2. The van der Waals surface area contributed by atoms with Crippen LogP contribution in [0.25, 0.3) is 131 Å². The standard InChI is InChI=1S/C51H43N3O2.C42H24N4O/c1-30(2)33-18-15-19-34(31(3)4)48(33)54-49(55)37-26-27-44(53-42-22-11-7-16-35(42)36-17-8-12-23-43(36)53)38-28-32(29-39(47(37)38)50(54)56)52-45-24-13-9-20-40(45)51(5,6)41-21-10-14-25-46(41)52;47-42-33-24-27(45-37-18-8-3-13-30(37)31-14-4-9-19-38(31)45)22-25-21-26(44-35-16-6-1-11-28(35)29-12-2-7-17-36(29)44)23-32(40(25)33)41-43-34-15-5-10-20-39(34)46(41)42/h7-31H,1-6H3;1-24H. The number of aromatic nitrogens is 5. The van der Waals surface area contributed by atoms with E-state index in [9.17, 15) is 4.79 Å². The molecule has 2 amide bonds. The Labute approximate surface area is 592 Å². The van der Waals surface area contributed by atoms with Gasteiger partial charge in [-0.15, -0.1) is 0 Å². The van der Waals surface area contributed by atoms with Crippen LogP contribution in [0.3, 0.4) is 0 Å². The van der Waals surface area contributed by atoms with Crippen molar-refractivity contribution < 1.29 is 9.59 Å². The lowest BCUT2D eigenvalue weighted by Crippen LogP contribution is -2.42. The molecule has 14 aromatic carbocycles. The maximum Gasteiger partial charge on any atom is 0.266 e. The van der Waals surface area contributed by atoms with Crippen LogP contribution in [0.1, 0.15) is 96.3 Å². The highest BCUT2D eigenvalue weighted by Gasteiger charge is 2.41. The molecule has 0 fully saturated rings. The highest BCUT2D eigenvalue weighted by atomic mass is 16.2. The summed E-state index contributed by atoms with van der Waals surface area (Å²) in [5.74, 6) is -0.402. The minimum absolute atomic E-state index is 0.0570. The number of imidazole rings is 1. The van der Waals surface area contributed by atoms with Crippen LogP contribution in [0.4, 0.5) is 22.7 Å². The van der Waals surface area contributed by atoms with Crippen LogP contribution in [-0.4, -0.2) is 34.9 Å². The van der Waals surface area contributed by atoms with E-state index in [0.29, 0.717) is 33.2 Å². The number of fused-ring (bicyclic) bond motifs is 15. The summed E-state index contributed by atoms with van der Waals surface area (Å²) in [6.07, 6.45) is 0. The fraction of sp³-hybridized carbons (Fsp3) is 0.0968. The highest BCUT2D eigenvalue weighted by molar-refractivity contribution is 6.37. The molecule has 0 saturated heterocycles. The molecule has 0 spiro atoms. The number of anilines is 4. The molecule has 7 heterocycles. The number of para-hydroxylation sites is 11. The molecule has 0 unspecified atom stereocenters. The number of imide groups is 1. The van der Waals surface area contributed by atoms with Crippen LogP contribution in [0.5, 0.6) is 0 Å². The zero-order chi connectivity index (χ0) is 69.4. The van der Waals surface area contributed by atoms with Crippen molar-refractivity contribution in [3.8, 4) is 17.1 Å². The van der Waals surface area contributed by atoms with Gasteiger partial charge in [0, 0.05) is 81.9 Å². The molecule has 492 valence electrons. The maximum absolute atomic E-state index is 15.5. The fourth-order valence-corrected chi connectivity index (χ4v) is 17.6. The monoisotopic (exact) mass is 1330 g/mol. The molecule has 0 bridgehead atoms. The van der Waals surface area contributed by atoms with Gasteiger partial charge in [-0.05, 0) is 149 Å². The van der Waals surface area contributed by atoms with Crippen molar-refractivity contribution >= 4 is 149 Å². The average molecular weight is 1330 g/mol. The summed E-state index contributed by atoms with van der Waals surface area (Å²) in [6, 6.07) is 99.3. The molecule has 19 aromatic rings. The van der Waals surface area contributed by atoms with Gasteiger partial charge in [-0.1, -0.05) is 217 Å². The first-order valence-electron chi connectivity index (χ1n) is 35.5. The molecule has 0 aliphatic carbocycles. The topological polar surface area (TPSA) is 89.8 Å². The van der Waals surface area contributed by atoms with E-state index >= 15 is 9.59 Å². The van der Waals surface area contributed by atoms with Gasteiger partial charge in [0.2, 0.25) is 0 Å². The van der Waals surface area contributed by atoms with Gasteiger partial charge in [-0.25, -0.2) is 9.88 Å². The van der Waals surface area contributed by atoms with Crippen molar-refractivity contribution in [3.63, 3.8) is 0 Å². The van der Waals surface area contributed by atoms with E-state index in [4.69, 9.17) is 4.98 Å². The van der Waals surface area contributed by atoms with E-state index in [2.05, 4.69) is 303 Å². The lowest BCUT2D eigenvalue weighted by molar-refractivity contribution is 0.0892. The Hall–Kier alpha value is -12.9. The van der Waals surface area contributed by atoms with Gasteiger partial charge in [0.1, 0.15) is 5.65 Å². The number of rotatable bonds is 7. The first-order chi connectivity index (χ1) is 50.3. The Kier molecular flexibility index (Phi) is 13.0. The predicted octanol–water partition coefficient (Wildman–Crippen LogP) is 22.9. The summed E-state index contributed by atoms with van der Waals surface area (Å²) in [6.45, 7) is 13.1. The molecule has 2 aliphatic rings. The van der Waals surface area contributed by atoms with E-state index in [1.807, 2.05) is 42.5 Å². The van der Waals surface area contributed by atoms with E-state index < -0.39 is 0 Å². The third-order valence-electron chi connectivity index (χ3n) is 22.2. The van der Waals surface area contributed by atoms with E-state index in [0.717, 1.165) is 122 Å². The second-order valence-corrected chi connectivity index (χ2v) is 28.8. The van der Waals surface area contributed by atoms with E-state index in [-0.39, 0.29) is 34.6 Å². The number of amides is 2. The third-order valence-corrected chi connectivity index (χ3v) is 22.2. The number of benzene rings is 14. The average Bonchev–Trinajstić information content (AvgIpc) is 1.67. The summed E-state index contributed by atoms with van der Waals surface area (Å²) in [7, 11) is 0. The van der Waals surface area contributed by atoms with E-state index in [1.54, 1.807) is 4.40 Å². The van der Waals surface area contributed by atoms with Crippen molar-refractivity contribution in [2.75, 3.05) is 9.80 Å².